The van der Waals surface area contributed by atoms with Gasteiger partial charge >= 0.3 is 0 Å². The van der Waals surface area contributed by atoms with Gasteiger partial charge in [-0.15, -0.1) is 0 Å². The Morgan fingerprint density at radius 2 is 1.96 bits per heavy atom. The molecule has 1 saturated heterocycles. The van der Waals surface area contributed by atoms with Crippen LogP contribution in [0.1, 0.15) is 48.2 Å². The number of rotatable bonds is 4. The van der Waals surface area contributed by atoms with E-state index in [-0.39, 0.29) is 11.7 Å². The fourth-order valence-electron chi connectivity index (χ4n) is 2.51. The van der Waals surface area contributed by atoms with E-state index in [4.69, 9.17) is 4.74 Å². The van der Waals surface area contributed by atoms with Gasteiger partial charge in [0.25, 0.3) is 5.91 Å². The molecule has 23 heavy (non-hydrogen) atoms. The lowest BCUT2D eigenvalue weighted by atomic mass is 9.95. The quantitative estimate of drug-likeness (QED) is 0.922. The Labute approximate surface area is 134 Å². The van der Waals surface area contributed by atoms with Gasteiger partial charge in [0.15, 0.2) is 5.82 Å². The first kappa shape index (κ1) is 15.5. The van der Waals surface area contributed by atoms with Crippen LogP contribution in [-0.4, -0.2) is 32.4 Å². The van der Waals surface area contributed by atoms with Crippen molar-refractivity contribution in [1.82, 2.24) is 25.3 Å². The molecule has 1 atom stereocenters. The van der Waals surface area contributed by atoms with Crippen molar-refractivity contribution in [3.8, 4) is 0 Å². The molecule has 3 heterocycles. The molecule has 1 aliphatic heterocycles. The van der Waals surface area contributed by atoms with Crippen molar-refractivity contribution in [2.24, 2.45) is 0 Å². The Morgan fingerprint density at radius 3 is 2.61 bits per heavy atom. The Balaban J connectivity index is 1.60. The lowest BCUT2D eigenvalue weighted by molar-refractivity contribution is -0.0760. The van der Waals surface area contributed by atoms with Crippen molar-refractivity contribution in [3.05, 3.63) is 48.1 Å². The van der Waals surface area contributed by atoms with Crippen molar-refractivity contribution in [1.29, 1.82) is 0 Å². The predicted molar refractivity (Wildman–Crippen MR) is 82.4 cm³/mol. The number of aromatic nitrogens is 4. The van der Waals surface area contributed by atoms with Gasteiger partial charge in [-0.1, -0.05) is 0 Å². The molecule has 1 fully saturated rings. The van der Waals surface area contributed by atoms with Crippen molar-refractivity contribution >= 4 is 5.91 Å². The second kappa shape index (κ2) is 6.78. The van der Waals surface area contributed by atoms with Crippen LogP contribution < -0.4 is 5.32 Å². The molecule has 1 N–H and O–H groups in total. The van der Waals surface area contributed by atoms with Gasteiger partial charge in [-0.05, 0) is 32.3 Å². The standard InChI is InChI=1S/C16H19N5O2/c1-16(5-2-3-8-23-16)15-20-10-12(11-21-15)9-19-14(22)13-17-6-4-7-18-13/h4,6-7,10-11H,2-3,5,8-9H2,1H3,(H,19,22)/t16-/m0/s1. The Bertz CT molecular complexity index is 654. The molecule has 0 unspecified atom stereocenters. The SMILES string of the molecule is C[C@@]1(c2ncc(CNC(=O)c3ncccn3)cn2)CCCCO1. The highest BCUT2D eigenvalue weighted by molar-refractivity contribution is 5.90. The predicted octanol–water partition coefficient (Wildman–Crippen LogP) is 1.61. The van der Waals surface area contributed by atoms with Crippen molar-refractivity contribution in [2.45, 2.75) is 38.3 Å². The molecular formula is C16H19N5O2. The highest BCUT2D eigenvalue weighted by Crippen LogP contribution is 2.32. The highest BCUT2D eigenvalue weighted by Gasteiger charge is 2.32. The summed E-state index contributed by atoms with van der Waals surface area (Å²) in [6.07, 6.45) is 9.63. The normalized spacial score (nSPS) is 20.9. The monoisotopic (exact) mass is 313 g/mol. The summed E-state index contributed by atoms with van der Waals surface area (Å²) in [5.41, 5.74) is 0.412. The summed E-state index contributed by atoms with van der Waals surface area (Å²) in [6, 6.07) is 1.66. The van der Waals surface area contributed by atoms with Gasteiger partial charge in [0.05, 0.1) is 0 Å². The summed E-state index contributed by atoms with van der Waals surface area (Å²) in [4.78, 5) is 28.5. The van der Waals surface area contributed by atoms with E-state index in [2.05, 4.69) is 25.3 Å². The maximum Gasteiger partial charge on any atom is 0.289 e. The third kappa shape index (κ3) is 3.68. The van der Waals surface area contributed by atoms with Crippen LogP contribution in [0.15, 0.2) is 30.9 Å². The van der Waals surface area contributed by atoms with E-state index in [0.717, 1.165) is 31.4 Å². The molecule has 0 aliphatic carbocycles. The first-order valence-electron chi connectivity index (χ1n) is 7.68. The number of carbonyl (C=O) groups excluding carboxylic acids is 1. The van der Waals surface area contributed by atoms with Gasteiger partial charge in [0.2, 0.25) is 5.82 Å². The highest BCUT2D eigenvalue weighted by atomic mass is 16.5. The summed E-state index contributed by atoms with van der Waals surface area (Å²) in [7, 11) is 0. The van der Waals surface area contributed by atoms with E-state index in [9.17, 15) is 4.79 Å². The molecule has 1 aliphatic rings. The Kier molecular flexibility index (Phi) is 4.57. The summed E-state index contributed by atoms with van der Waals surface area (Å²) in [6.45, 7) is 3.10. The Morgan fingerprint density at radius 1 is 1.22 bits per heavy atom. The molecule has 3 rings (SSSR count). The van der Waals surface area contributed by atoms with Crippen LogP contribution in [0.4, 0.5) is 0 Å². The lowest BCUT2D eigenvalue weighted by Crippen LogP contribution is -2.32. The van der Waals surface area contributed by atoms with Crippen LogP contribution in [-0.2, 0) is 16.9 Å². The maximum absolute atomic E-state index is 11.9. The molecule has 120 valence electrons. The number of carbonyl (C=O) groups is 1. The van der Waals surface area contributed by atoms with E-state index < -0.39 is 5.60 Å². The van der Waals surface area contributed by atoms with Crippen molar-refractivity contribution < 1.29 is 9.53 Å². The minimum absolute atomic E-state index is 0.146. The number of ether oxygens (including phenoxy) is 1. The maximum atomic E-state index is 11.9. The molecule has 0 spiro atoms. The first-order chi connectivity index (χ1) is 11.2. The molecule has 2 aromatic rings. The third-order valence-electron chi connectivity index (χ3n) is 3.87. The van der Waals surface area contributed by atoms with Crippen LogP contribution in [0.25, 0.3) is 0 Å². The molecule has 2 aromatic heterocycles. The van der Waals surface area contributed by atoms with Crippen LogP contribution in [0.2, 0.25) is 0 Å². The zero-order valence-electron chi connectivity index (χ0n) is 13.0. The molecule has 0 saturated carbocycles. The van der Waals surface area contributed by atoms with Crippen LogP contribution in [0.3, 0.4) is 0 Å². The first-order valence-corrected chi connectivity index (χ1v) is 7.68. The zero-order valence-corrected chi connectivity index (χ0v) is 13.0. The van der Waals surface area contributed by atoms with Gasteiger partial charge in [-0.25, -0.2) is 19.9 Å². The Hall–Kier alpha value is -2.41. The molecule has 0 bridgehead atoms. The van der Waals surface area contributed by atoms with Gasteiger partial charge in [0, 0.05) is 43.5 Å². The van der Waals surface area contributed by atoms with E-state index in [0.29, 0.717) is 12.4 Å². The number of hydrogen-bond donors (Lipinski definition) is 1. The van der Waals surface area contributed by atoms with Gasteiger partial charge in [-0.3, -0.25) is 4.79 Å². The van der Waals surface area contributed by atoms with Gasteiger partial charge in [-0.2, -0.15) is 0 Å². The van der Waals surface area contributed by atoms with Gasteiger partial charge < -0.3 is 10.1 Å². The van der Waals surface area contributed by atoms with Gasteiger partial charge in [0.1, 0.15) is 5.60 Å². The van der Waals surface area contributed by atoms with Crippen molar-refractivity contribution in [3.63, 3.8) is 0 Å². The second-order valence-electron chi connectivity index (χ2n) is 5.71. The van der Waals surface area contributed by atoms with Crippen LogP contribution in [0.5, 0.6) is 0 Å². The summed E-state index contributed by atoms with van der Waals surface area (Å²) < 4.78 is 5.84. The smallest absolute Gasteiger partial charge is 0.289 e. The topological polar surface area (TPSA) is 89.9 Å². The molecule has 1 amide bonds. The van der Waals surface area contributed by atoms with E-state index in [1.807, 2.05) is 6.92 Å². The van der Waals surface area contributed by atoms with Crippen LogP contribution >= 0.6 is 0 Å². The molecule has 7 heteroatoms. The summed E-state index contributed by atoms with van der Waals surface area (Å²) in [5, 5.41) is 2.75. The zero-order chi connectivity index (χ0) is 16.1. The van der Waals surface area contributed by atoms with Crippen molar-refractivity contribution in [2.75, 3.05) is 6.61 Å². The number of nitrogens with one attached hydrogen (secondary N) is 1. The van der Waals surface area contributed by atoms with E-state index in [1.165, 1.54) is 12.4 Å². The average molecular weight is 313 g/mol. The molecule has 0 aromatic carbocycles. The minimum Gasteiger partial charge on any atom is -0.367 e. The minimum atomic E-state index is -0.405. The summed E-state index contributed by atoms with van der Waals surface area (Å²) >= 11 is 0. The third-order valence-corrected chi connectivity index (χ3v) is 3.87. The molecule has 7 nitrogen and oxygen atoms in total. The number of hydrogen-bond acceptors (Lipinski definition) is 6. The largest absolute Gasteiger partial charge is 0.367 e. The average Bonchev–Trinajstić information content (AvgIpc) is 2.61. The lowest BCUT2D eigenvalue weighted by Gasteiger charge is -2.32. The molecular weight excluding hydrogens is 294 g/mol. The fraction of sp³-hybridized carbons (Fsp3) is 0.438. The number of amides is 1. The van der Waals surface area contributed by atoms with E-state index in [1.54, 1.807) is 18.5 Å². The van der Waals surface area contributed by atoms with E-state index >= 15 is 0 Å². The summed E-state index contributed by atoms with van der Waals surface area (Å²) in [5.74, 6) is 0.518. The second-order valence-corrected chi connectivity index (χ2v) is 5.71. The molecule has 0 radical (unpaired) electrons. The van der Waals surface area contributed by atoms with Crippen LogP contribution in [0, 0.1) is 0 Å². The fourth-order valence-corrected chi connectivity index (χ4v) is 2.51. The number of nitrogens with zero attached hydrogens (tertiary/aromatic N) is 4.